The lowest BCUT2D eigenvalue weighted by Crippen LogP contribution is -2.13. The van der Waals surface area contributed by atoms with Crippen molar-refractivity contribution in [3.05, 3.63) is 35.9 Å². The zero-order valence-corrected chi connectivity index (χ0v) is 9.16. The van der Waals surface area contributed by atoms with Crippen LogP contribution in [0.3, 0.4) is 0 Å². The number of carbonyl (C=O) groups is 2. The molecule has 0 amide bonds. The quantitative estimate of drug-likeness (QED) is 0.852. The molecule has 0 bridgehead atoms. The maximum absolute atomic E-state index is 11.5. The van der Waals surface area contributed by atoms with Crippen molar-refractivity contribution in [1.82, 2.24) is 0 Å². The van der Waals surface area contributed by atoms with Crippen LogP contribution < -0.4 is 0 Å². The molecule has 0 saturated carbocycles. The highest BCUT2D eigenvalue weighted by Gasteiger charge is 2.14. The number of rotatable bonds is 4. The van der Waals surface area contributed by atoms with E-state index < -0.39 is 11.9 Å². The molecular weight excluding hydrogens is 212 g/mol. The van der Waals surface area contributed by atoms with Gasteiger partial charge in [-0.25, -0.2) is 0 Å². The van der Waals surface area contributed by atoms with E-state index in [1.807, 2.05) is 6.07 Å². The summed E-state index contributed by atoms with van der Waals surface area (Å²) in [4.78, 5) is 22.1. The average Bonchev–Trinajstić information content (AvgIpc) is 2.26. The summed E-state index contributed by atoms with van der Waals surface area (Å²) in [5.74, 6) is -1.06. The van der Waals surface area contributed by atoms with E-state index in [1.54, 1.807) is 31.2 Å². The summed E-state index contributed by atoms with van der Waals surface area (Å²) >= 11 is 1.05. The van der Waals surface area contributed by atoms with E-state index in [1.165, 1.54) is 0 Å². The molecule has 3 nitrogen and oxygen atoms in total. The van der Waals surface area contributed by atoms with Gasteiger partial charge >= 0.3 is 5.97 Å². The first-order chi connectivity index (χ1) is 7.11. The second-order valence-electron chi connectivity index (χ2n) is 3.20. The van der Waals surface area contributed by atoms with Crippen LogP contribution in [0.4, 0.5) is 0 Å². The molecule has 0 aromatic heterocycles. The van der Waals surface area contributed by atoms with Crippen LogP contribution in [0.25, 0.3) is 0 Å². The van der Waals surface area contributed by atoms with E-state index >= 15 is 0 Å². The van der Waals surface area contributed by atoms with Gasteiger partial charge in [-0.2, -0.15) is 0 Å². The van der Waals surface area contributed by atoms with Crippen LogP contribution in [0.5, 0.6) is 0 Å². The van der Waals surface area contributed by atoms with Crippen molar-refractivity contribution in [2.24, 2.45) is 5.92 Å². The van der Waals surface area contributed by atoms with Gasteiger partial charge in [0.15, 0.2) is 0 Å². The zero-order valence-electron chi connectivity index (χ0n) is 8.34. The number of hydrogen-bond acceptors (Lipinski definition) is 3. The third-order valence-corrected chi connectivity index (χ3v) is 3.06. The molecule has 0 aliphatic rings. The van der Waals surface area contributed by atoms with Crippen LogP contribution in [-0.2, 0) is 4.79 Å². The highest BCUT2D eigenvalue weighted by atomic mass is 32.2. The van der Waals surface area contributed by atoms with Gasteiger partial charge in [0.2, 0.25) is 5.12 Å². The van der Waals surface area contributed by atoms with Crippen molar-refractivity contribution in [3.63, 3.8) is 0 Å². The molecule has 1 atom stereocenters. The second kappa shape index (κ2) is 5.56. The molecular formula is C11H12O3S. The number of aliphatic carboxylic acids is 1. The number of carbonyl (C=O) groups excluding carboxylic acids is 1. The molecule has 1 rings (SSSR count). The van der Waals surface area contributed by atoms with Crippen molar-refractivity contribution in [2.45, 2.75) is 6.92 Å². The molecule has 0 heterocycles. The van der Waals surface area contributed by atoms with E-state index in [4.69, 9.17) is 5.11 Å². The molecule has 1 aromatic rings. The minimum absolute atomic E-state index is 0.0799. The molecule has 0 aliphatic heterocycles. The van der Waals surface area contributed by atoms with Crippen molar-refractivity contribution in [2.75, 3.05) is 5.75 Å². The first-order valence-electron chi connectivity index (χ1n) is 4.56. The van der Waals surface area contributed by atoms with Crippen LogP contribution in [0.2, 0.25) is 0 Å². The molecule has 80 valence electrons. The van der Waals surface area contributed by atoms with Gasteiger partial charge in [-0.3, -0.25) is 9.59 Å². The lowest BCUT2D eigenvalue weighted by atomic mass is 10.2. The molecule has 1 N–H and O–H groups in total. The van der Waals surface area contributed by atoms with Crippen LogP contribution in [0.15, 0.2) is 30.3 Å². The molecule has 0 unspecified atom stereocenters. The maximum atomic E-state index is 11.5. The highest BCUT2D eigenvalue weighted by molar-refractivity contribution is 8.14. The third kappa shape index (κ3) is 3.75. The molecule has 0 saturated heterocycles. The lowest BCUT2D eigenvalue weighted by molar-refractivity contribution is -0.140. The monoisotopic (exact) mass is 224 g/mol. The summed E-state index contributed by atoms with van der Waals surface area (Å²) < 4.78 is 0. The Kier molecular flexibility index (Phi) is 4.37. The Morgan fingerprint density at radius 3 is 2.47 bits per heavy atom. The number of hydrogen-bond donors (Lipinski definition) is 1. The Labute approximate surface area is 92.5 Å². The molecule has 0 fully saturated rings. The first-order valence-corrected chi connectivity index (χ1v) is 5.55. The largest absolute Gasteiger partial charge is 0.481 e. The van der Waals surface area contributed by atoms with E-state index in [-0.39, 0.29) is 5.12 Å². The van der Waals surface area contributed by atoms with Crippen molar-refractivity contribution >= 4 is 22.8 Å². The van der Waals surface area contributed by atoms with Gasteiger partial charge in [0.05, 0.1) is 5.92 Å². The summed E-state index contributed by atoms with van der Waals surface area (Å²) in [5.41, 5.74) is 0.611. The summed E-state index contributed by atoms with van der Waals surface area (Å²) in [6.07, 6.45) is 0. The Hall–Kier alpha value is -1.29. The number of thioether (sulfide) groups is 1. The Balaban J connectivity index is 2.47. The van der Waals surface area contributed by atoms with Gasteiger partial charge < -0.3 is 5.11 Å². The maximum Gasteiger partial charge on any atom is 0.307 e. The van der Waals surface area contributed by atoms with E-state index in [9.17, 15) is 9.59 Å². The highest BCUT2D eigenvalue weighted by Crippen LogP contribution is 2.15. The standard InChI is InChI=1S/C11H12O3S/c1-8(10(12)13)7-15-11(14)9-5-3-2-4-6-9/h2-6,8H,7H2,1H3,(H,12,13)/t8-/m0/s1. The van der Waals surface area contributed by atoms with Crippen molar-refractivity contribution in [1.29, 1.82) is 0 Å². The van der Waals surface area contributed by atoms with Gasteiger partial charge in [-0.05, 0) is 0 Å². The number of carboxylic acid groups (broad SMARTS) is 1. The van der Waals surface area contributed by atoms with Gasteiger partial charge in [0, 0.05) is 11.3 Å². The fourth-order valence-electron chi connectivity index (χ4n) is 0.930. The SMILES string of the molecule is C[C@@H](CSC(=O)c1ccccc1)C(=O)O. The number of carboxylic acids is 1. The first kappa shape index (κ1) is 11.8. The summed E-state index contributed by atoms with van der Waals surface area (Å²) in [5, 5.41) is 8.56. The summed E-state index contributed by atoms with van der Waals surface area (Å²) in [6.45, 7) is 1.59. The zero-order chi connectivity index (χ0) is 11.3. The van der Waals surface area contributed by atoms with E-state index in [0.29, 0.717) is 11.3 Å². The van der Waals surface area contributed by atoms with Gasteiger partial charge in [-0.1, -0.05) is 49.0 Å². The van der Waals surface area contributed by atoms with Crippen LogP contribution >= 0.6 is 11.8 Å². The second-order valence-corrected chi connectivity index (χ2v) is 4.20. The van der Waals surface area contributed by atoms with Gasteiger partial charge in [0.1, 0.15) is 0 Å². The van der Waals surface area contributed by atoms with Crippen LogP contribution in [0, 0.1) is 5.92 Å². The third-order valence-electron chi connectivity index (χ3n) is 1.90. The topological polar surface area (TPSA) is 54.4 Å². The van der Waals surface area contributed by atoms with E-state index in [2.05, 4.69) is 0 Å². The summed E-state index contributed by atoms with van der Waals surface area (Å²) in [7, 11) is 0. The fourth-order valence-corrected chi connectivity index (χ4v) is 1.78. The molecule has 4 heteroatoms. The Morgan fingerprint density at radius 2 is 1.93 bits per heavy atom. The molecule has 0 radical (unpaired) electrons. The average molecular weight is 224 g/mol. The predicted molar refractivity (Wildman–Crippen MR) is 60.0 cm³/mol. The van der Waals surface area contributed by atoms with Crippen LogP contribution in [0.1, 0.15) is 17.3 Å². The van der Waals surface area contributed by atoms with Gasteiger partial charge in [-0.15, -0.1) is 0 Å². The van der Waals surface area contributed by atoms with Crippen molar-refractivity contribution in [3.8, 4) is 0 Å². The minimum atomic E-state index is -0.872. The van der Waals surface area contributed by atoms with Crippen LogP contribution in [-0.4, -0.2) is 21.9 Å². The number of benzene rings is 1. The Morgan fingerprint density at radius 1 is 1.33 bits per heavy atom. The molecule has 15 heavy (non-hydrogen) atoms. The smallest absolute Gasteiger partial charge is 0.307 e. The molecule has 0 aliphatic carbocycles. The summed E-state index contributed by atoms with van der Waals surface area (Å²) in [6, 6.07) is 8.85. The van der Waals surface area contributed by atoms with Crippen molar-refractivity contribution < 1.29 is 14.7 Å². The van der Waals surface area contributed by atoms with E-state index in [0.717, 1.165) is 11.8 Å². The minimum Gasteiger partial charge on any atom is -0.481 e. The molecule has 1 aromatic carbocycles. The normalized spacial score (nSPS) is 12.1. The Bertz CT molecular complexity index is 348. The predicted octanol–water partition coefficient (Wildman–Crippen LogP) is 2.28. The van der Waals surface area contributed by atoms with Gasteiger partial charge in [0.25, 0.3) is 0 Å². The fraction of sp³-hybridized carbons (Fsp3) is 0.273. The molecule has 0 spiro atoms. The lowest BCUT2D eigenvalue weighted by Gasteiger charge is -2.04.